The number of benzene rings is 1. The van der Waals surface area contributed by atoms with Crippen molar-refractivity contribution >= 4 is 5.91 Å². The first-order chi connectivity index (χ1) is 8.19. The molecular weight excluding hydrogens is 218 g/mol. The highest BCUT2D eigenvalue weighted by atomic mass is 16.7. The molecule has 0 bridgehead atoms. The summed E-state index contributed by atoms with van der Waals surface area (Å²) < 4.78 is 10.3. The third-order valence-corrected chi connectivity index (χ3v) is 2.13. The molecule has 0 saturated carbocycles. The summed E-state index contributed by atoms with van der Waals surface area (Å²) in [4.78, 5) is 10.6. The molecule has 4 heteroatoms. The van der Waals surface area contributed by atoms with Crippen LogP contribution in [0.1, 0.15) is 23.8 Å². The predicted molar refractivity (Wildman–Crippen MR) is 63.9 cm³/mol. The first kappa shape index (κ1) is 13.2. The Bertz CT molecular complexity index is 441. The van der Waals surface area contributed by atoms with Crippen LogP contribution in [0.15, 0.2) is 24.3 Å². The third kappa shape index (κ3) is 3.91. The monoisotopic (exact) mass is 233 g/mol. The number of methoxy groups -OCH3 is 2. The fraction of sp³-hybridized carbons (Fsp3) is 0.308. The Morgan fingerprint density at radius 3 is 2.59 bits per heavy atom. The lowest BCUT2D eigenvalue weighted by atomic mass is 10.1. The first-order valence-electron chi connectivity index (χ1n) is 5.10. The lowest BCUT2D eigenvalue weighted by molar-refractivity contribution is -0.117. The van der Waals surface area contributed by atoms with Crippen molar-refractivity contribution < 1.29 is 14.3 Å². The van der Waals surface area contributed by atoms with Gasteiger partial charge in [-0.05, 0) is 6.07 Å². The van der Waals surface area contributed by atoms with Gasteiger partial charge in [-0.15, -0.1) is 0 Å². The lowest BCUT2D eigenvalue weighted by Gasteiger charge is -2.15. The number of hydrogen-bond donors (Lipinski definition) is 1. The van der Waals surface area contributed by atoms with Crippen molar-refractivity contribution in [2.45, 2.75) is 12.7 Å². The SMILES string of the molecule is COC(OC)c1ccccc1C#CCC(N)=O. The van der Waals surface area contributed by atoms with Crippen molar-refractivity contribution in [1.82, 2.24) is 0 Å². The van der Waals surface area contributed by atoms with Crippen LogP contribution in [0, 0.1) is 11.8 Å². The van der Waals surface area contributed by atoms with Crippen LogP contribution in [-0.4, -0.2) is 20.1 Å². The minimum absolute atomic E-state index is 0.0406. The van der Waals surface area contributed by atoms with Gasteiger partial charge in [-0.1, -0.05) is 30.0 Å². The maximum atomic E-state index is 10.6. The van der Waals surface area contributed by atoms with Gasteiger partial charge in [0.05, 0.1) is 6.42 Å². The second kappa shape index (κ2) is 6.69. The zero-order valence-corrected chi connectivity index (χ0v) is 9.90. The summed E-state index contributed by atoms with van der Waals surface area (Å²) in [5.41, 5.74) is 6.61. The molecule has 0 spiro atoms. The molecule has 0 saturated heterocycles. The maximum Gasteiger partial charge on any atom is 0.229 e. The largest absolute Gasteiger partial charge is 0.369 e. The van der Waals surface area contributed by atoms with E-state index in [1.165, 1.54) is 0 Å². The van der Waals surface area contributed by atoms with Crippen LogP contribution in [0.2, 0.25) is 0 Å². The van der Waals surface area contributed by atoms with Gasteiger partial charge in [-0.25, -0.2) is 0 Å². The molecule has 1 aromatic rings. The Hall–Kier alpha value is -1.83. The van der Waals surface area contributed by atoms with Crippen molar-refractivity contribution in [2.75, 3.05) is 14.2 Å². The van der Waals surface area contributed by atoms with Gasteiger partial charge in [0.15, 0.2) is 6.29 Å². The van der Waals surface area contributed by atoms with E-state index in [9.17, 15) is 4.79 Å². The van der Waals surface area contributed by atoms with Crippen LogP contribution in [0.3, 0.4) is 0 Å². The van der Waals surface area contributed by atoms with Gasteiger partial charge >= 0.3 is 0 Å². The first-order valence-corrected chi connectivity index (χ1v) is 5.10. The highest BCUT2D eigenvalue weighted by molar-refractivity contribution is 5.76. The number of primary amides is 1. The van der Waals surface area contributed by atoms with E-state index in [0.29, 0.717) is 0 Å². The van der Waals surface area contributed by atoms with Gasteiger partial charge in [0.25, 0.3) is 0 Å². The molecule has 1 amide bonds. The zero-order chi connectivity index (χ0) is 12.7. The summed E-state index contributed by atoms with van der Waals surface area (Å²) in [6.07, 6.45) is -0.423. The molecule has 1 aromatic carbocycles. The summed E-state index contributed by atoms with van der Waals surface area (Å²) in [5.74, 6) is 5.15. The Labute approximate surface area is 101 Å². The number of hydrogen-bond acceptors (Lipinski definition) is 3. The number of carbonyl (C=O) groups is 1. The topological polar surface area (TPSA) is 61.6 Å². The number of carbonyl (C=O) groups excluding carboxylic acids is 1. The van der Waals surface area contributed by atoms with Crippen molar-refractivity contribution in [2.24, 2.45) is 5.73 Å². The van der Waals surface area contributed by atoms with Crippen LogP contribution >= 0.6 is 0 Å². The third-order valence-electron chi connectivity index (χ3n) is 2.13. The highest BCUT2D eigenvalue weighted by Crippen LogP contribution is 2.20. The van der Waals surface area contributed by atoms with E-state index in [1.54, 1.807) is 14.2 Å². The van der Waals surface area contributed by atoms with E-state index in [4.69, 9.17) is 15.2 Å². The molecule has 90 valence electrons. The number of nitrogens with two attached hydrogens (primary N) is 1. The Balaban J connectivity index is 2.97. The second-order valence-corrected chi connectivity index (χ2v) is 3.34. The molecular formula is C13H15NO3. The van der Waals surface area contributed by atoms with E-state index in [-0.39, 0.29) is 6.42 Å². The fourth-order valence-electron chi connectivity index (χ4n) is 1.39. The molecule has 0 aliphatic rings. The second-order valence-electron chi connectivity index (χ2n) is 3.34. The van der Waals surface area contributed by atoms with Crippen molar-refractivity contribution in [3.05, 3.63) is 35.4 Å². The molecule has 1 rings (SSSR count). The van der Waals surface area contributed by atoms with Crippen molar-refractivity contribution in [3.8, 4) is 11.8 Å². The standard InChI is InChI=1S/C13H15NO3/c1-16-13(17-2)11-8-4-3-6-10(11)7-5-9-12(14)15/h3-4,6,8,13H,9H2,1-2H3,(H2,14,15). The van der Waals surface area contributed by atoms with Crippen LogP contribution < -0.4 is 5.73 Å². The molecule has 0 radical (unpaired) electrons. The van der Waals surface area contributed by atoms with Crippen molar-refractivity contribution in [1.29, 1.82) is 0 Å². The van der Waals surface area contributed by atoms with Gasteiger partial charge in [-0.3, -0.25) is 4.79 Å². The van der Waals surface area contributed by atoms with E-state index >= 15 is 0 Å². The Morgan fingerprint density at radius 1 is 1.35 bits per heavy atom. The summed E-state index contributed by atoms with van der Waals surface area (Å²) in [6, 6.07) is 7.44. The van der Waals surface area contributed by atoms with Crippen LogP contribution in [0.25, 0.3) is 0 Å². The summed E-state index contributed by atoms with van der Waals surface area (Å²) in [7, 11) is 3.11. The number of ether oxygens (including phenoxy) is 2. The predicted octanol–water partition coefficient (Wildman–Crippen LogP) is 1.20. The van der Waals surface area contributed by atoms with Gasteiger partial charge in [0.1, 0.15) is 0 Å². The molecule has 0 aliphatic heterocycles. The highest BCUT2D eigenvalue weighted by Gasteiger charge is 2.11. The van der Waals surface area contributed by atoms with Gasteiger partial charge in [0.2, 0.25) is 5.91 Å². The molecule has 0 fully saturated rings. The van der Waals surface area contributed by atoms with E-state index in [1.807, 2.05) is 24.3 Å². The average molecular weight is 233 g/mol. The Morgan fingerprint density at radius 2 is 2.00 bits per heavy atom. The number of amides is 1. The molecule has 2 N–H and O–H groups in total. The van der Waals surface area contributed by atoms with Crippen LogP contribution in [0.4, 0.5) is 0 Å². The van der Waals surface area contributed by atoms with E-state index in [0.717, 1.165) is 11.1 Å². The van der Waals surface area contributed by atoms with E-state index < -0.39 is 12.2 Å². The van der Waals surface area contributed by atoms with Gasteiger partial charge in [-0.2, -0.15) is 0 Å². The maximum absolute atomic E-state index is 10.6. The fourth-order valence-corrected chi connectivity index (χ4v) is 1.39. The van der Waals surface area contributed by atoms with Crippen molar-refractivity contribution in [3.63, 3.8) is 0 Å². The number of rotatable bonds is 4. The normalized spacial score (nSPS) is 9.82. The van der Waals surface area contributed by atoms with Gasteiger partial charge < -0.3 is 15.2 Å². The molecule has 0 heterocycles. The quantitative estimate of drug-likeness (QED) is 0.628. The van der Waals surface area contributed by atoms with Crippen LogP contribution in [0.5, 0.6) is 0 Å². The molecule has 0 aliphatic carbocycles. The summed E-state index contributed by atoms with van der Waals surface area (Å²) in [6.45, 7) is 0. The smallest absolute Gasteiger partial charge is 0.229 e. The minimum Gasteiger partial charge on any atom is -0.369 e. The average Bonchev–Trinajstić information content (AvgIpc) is 2.32. The van der Waals surface area contributed by atoms with Crippen LogP contribution in [-0.2, 0) is 14.3 Å². The molecule has 4 nitrogen and oxygen atoms in total. The van der Waals surface area contributed by atoms with E-state index in [2.05, 4.69) is 11.8 Å². The minimum atomic E-state index is -0.464. The summed E-state index contributed by atoms with van der Waals surface area (Å²) in [5, 5.41) is 0. The molecule has 0 atom stereocenters. The Kier molecular flexibility index (Phi) is 5.21. The molecule has 0 aromatic heterocycles. The zero-order valence-electron chi connectivity index (χ0n) is 9.90. The summed E-state index contributed by atoms with van der Waals surface area (Å²) >= 11 is 0. The molecule has 17 heavy (non-hydrogen) atoms. The van der Waals surface area contributed by atoms with Gasteiger partial charge in [0, 0.05) is 25.3 Å². The lowest BCUT2D eigenvalue weighted by Crippen LogP contribution is -2.08. The molecule has 0 unspecified atom stereocenters.